The molecule has 116 valence electrons. The molecule has 1 rings (SSSR count). The average molecular weight is 292 g/mol. The zero-order chi connectivity index (χ0) is 15.7. The van der Waals surface area contributed by atoms with Crippen LogP contribution < -0.4 is 16.4 Å². The second kappa shape index (κ2) is 8.97. The first-order valence-electron chi connectivity index (χ1n) is 7.13. The summed E-state index contributed by atoms with van der Waals surface area (Å²) in [5.41, 5.74) is 6.68. The summed E-state index contributed by atoms with van der Waals surface area (Å²) in [5.74, 6) is -0.212. The lowest BCUT2D eigenvalue weighted by molar-refractivity contribution is -0.122. The van der Waals surface area contributed by atoms with Gasteiger partial charge in [-0.2, -0.15) is 0 Å². The molecule has 0 saturated heterocycles. The molecule has 2 atom stereocenters. The third-order valence-corrected chi connectivity index (χ3v) is 3.25. The Morgan fingerprint density at radius 1 is 1.38 bits per heavy atom. The highest BCUT2D eigenvalue weighted by molar-refractivity contribution is 5.87. The molecule has 1 aromatic rings. The van der Waals surface area contributed by atoms with Crippen LogP contribution in [0.5, 0.6) is 0 Å². The normalized spacial score (nSPS) is 14.5. The lowest BCUT2D eigenvalue weighted by atomic mass is 9.97. The van der Waals surface area contributed by atoms with E-state index in [0.29, 0.717) is 13.1 Å². The van der Waals surface area contributed by atoms with E-state index in [4.69, 9.17) is 10.9 Å². The first-order valence-corrected chi connectivity index (χ1v) is 7.13. The summed E-state index contributed by atoms with van der Waals surface area (Å²) in [5, 5.41) is 18.0. The van der Waals surface area contributed by atoms with Crippen molar-refractivity contribution >= 4 is 11.7 Å². The monoisotopic (exact) mass is 292 g/mol. The number of amides is 1. The van der Waals surface area contributed by atoms with Gasteiger partial charge in [0.25, 0.3) is 0 Å². The van der Waals surface area contributed by atoms with Gasteiger partial charge in [-0.3, -0.25) is 4.79 Å². The molecule has 0 aliphatic rings. The van der Waals surface area contributed by atoms with Crippen molar-refractivity contribution in [3.63, 3.8) is 0 Å². The Hall–Kier alpha value is -2.08. The van der Waals surface area contributed by atoms with E-state index in [9.17, 15) is 4.79 Å². The maximum Gasteiger partial charge on any atom is 0.236 e. The van der Waals surface area contributed by atoms with Crippen LogP contribution in [-0.2, 0) is 4.79 Å². The van der Waals surface area contributed by atoms with Gasteiger partial charge in [-0.05, 0) is 18.9 Å². The smallest absolute Gasteiger partial charge is 0.236 e. The highest BCUT2D eigenvalue weighted by Gasteiger charge is 2.19. The van der Waals surface area contributed by atoms with Crippen molar-refractivity contribution in [2.75, 3.05) is 13.1 Å². The fourth-order valence-electron chi connectivity index (χ4n) is 1.94. The Labute approximate surface area is 125 Å². The molecule has 0 aromatic heterocycles. The van der Waals surface area contributed by atoms with Crippen LogP contribution in [0.4, 0.5) is 0 Å². The third kappa shape index (κ3) is 5.43. The molecule has 6 nitrogen and oxygen atoms in total. The van der Waals surface area contributed by atoms with Crippen molar-refractivity contribution in [1.29, 1.82) is 0 Å². The van der Waals surface area contributed by atoms with Crippen LogP contribution in [0.15, 0.2) is 35.5 Å². The Kier molecular flexibility index (Phi) is 7.25. The molecule has 0 radical (unpaired) electrons. The first kappa shape index (κ1) is 17.0. The lowest BCUT2D eigenvalue weighted by Gasteiger charge is -2.20. The summed E-state index contributed by atoms with van der Waals surface area (Å²) in [7, 11) is 0. The molecule has 5 N–H and O–H groups in total. The quantitative estimate of drug-likeness (QED) is 0.249. The fraction of sp³-hybridized carbons (Fsp3) is 0.467. The zero-order valence-corrected chi connectivity index (χ0v) is 12.5. The molecule has 2 unspecified atom stereocenters. The zero-order valence-electron chi connectivity index (χ0n) is 12.5. The minimum atomic E-state index is -0.339. The van der Waals surface area contributed by atoms with E-state index in [-0.39, 0.29) is 23.7 Å². The third-order valence-electron chi connectivity index (χ3n) is 3.25. The van der Waals surface area contributed by atoms with Gasteiger partial charge in [-0.15, -0.1) is 0 Å². The van der Waals surface area contributed by atoms with Gasteiger partial charge < -0.3 is 21.6 Å². The first-order chi connectivity index (χ1) is 10.1. The van der Waals surface area contributed by atoms with Gasteiger partial charge in [0.2, 0.25) is 5.91 Å². The van der Waals surface area contributed by atoms with Gasteiger partial charge in [0.05, 0.1) is 12.0 Å². The van der Waals surface area contributed by atoms with E-state index < -0.39 is 0 Å². The molecule has 0 heterocycles. The molecule has 0 aliphatic carbocycles. The number of carbonyl (C=O) groups is 1. The largest absolute Gasteiger partial charge is 0.409 e. The molecule has 21 heavy (non-hydrogen) atoms. The SMILES string of the molecule is CCCNC(=O)C(C)NCC(C(N)=NO)c1ccccc1. The molecule has 6 heteroatoms. The number of oxime groups is 1. The molecule has 0 aliphatic heterocycles. The van der Waals surface area contributed by atoms with Crippen LogP contribution in [-0.4, -0.2) is 36.1 Å². The number of carbonyl (C=O) groups excluding carboxylic acids is 1. The van der Waals surface area contributed by atoms with Crippen molar-refractivity contribution in [3.8, 4) is 0 Å². The van der Waals surface area contributed by atoms with Gasteiger partial charge in [-0.1, -0.05) is 42.4 Å². The van der Waals surface area contributed by atoms with Crippen LogP contribution >= 0.6 is 0 Å². The maximum atomic E-state index is 11.8. The Bertz CT molecular complexity index is 462. The summed E-state index contributed by atoms with van der Waals surface area (Å²) in [6, 6.07) is 9.17. The molecular weight excluding hydrogens is 268 g/mol. The van der Waals surface area contributed by atoms with E-state index >= 15 is 0 Å². The summed E-state index contributed by atoms with van der Waals surface area (Å²) in [6.07, 6.45) is 0.898. The number of benzene rings is 1. The topological polar surface area (TPSA) is 99.7 Å². The van der Waals surface area contributed by atoms with Crippen molar-refractivity contribution in [3.05, 3.63) is 35.9 Å². The molecule has 0 bridgehead atoms. The van der Waals surface area contributed by atoms with Gasteiger partial charge >= 0.3 is 0 Å². The van der Waals surface area contributed by atoms with E-state index in [1.807, 2.05) is 37.3 Å². The van der Waals surface area contributed by atoms with Crippen molar-refractivity contribution in [1.82, 2.24) is 10.6 Å². The highest BCUT2D eigenvalue weighted by Crippen LogP contribution is 2.15. The number of hydrogen-bond donors (Lipinski definition) is 4. The van der Waals surface area contributed by atoms with E-state index in [2.05, 4.69) is 15.8 Å². The number of nitrogens with one attached hydrogen (secondary N) is 2. The van der Waals surface area contributed by atoms with Crippen molar-refractivity contribution < 1.29 is 10.0 Å². The van der Waals surface area contributed by atoms with Crippen molar-refractivity contribution in [2.45, 2.75) is 32.2 Å². The van der Waals surface area contributed by atoms with Gasteiger partial charge in [0.15, 0.2) is 0 Å². The molecule has 0 fully saturated rings. The van der Waals surface area contributed by atoms with Crippen molar-refractivity contribution in [2.24, 2.45) is 10.9 Å². The predicted molar refractivity (Wildman–Crippen MR) is 83.4 cm³/mol. The number of hydrogen-bond acceptors (Lipinski definition) is 4. The van der Waals surface area contributed by atoms with Gasteiger partial charge in [0.1, 0.15) is 5.84 Å². The molecule has 0 saturated carbocycles. The van der Waals surface area contributed by atoms with Gasteiger partial charge in [-0.25, -0.2) is 0 Å². The van der Waals surface area contributed by atoms with Crippen LogP contribution in [0.25, 0.3) is 0 Å². The summed E-state index contributed by atoms with van der Waals surface area (Å²) < 4.78 is 0. The Morgan fingerprint density at radius 2 is 2.05 bits per heavy atom. The summed E-state index contributed by atoms with van der Waals surface area (Å²) >= 11 is 0. The number of rotatable bonds is 8. The predicted octanol–water partition coefficient (Wildman–Crippen LogP) is 1.02. The maximum absolute atomic E-state index is 11.8. The lowest BCUT2D eigenvalue weighted by Crippen LogP contribution is -2.45. The second-order valence-corrected chi connectivity index (χ2v) is 4.91. The van der Waals surface area contributed by atoms with E-state index in [1.165, 1.54) is 0 Å². The van der Waals surface area contributed by atoms with E-state index in [0.717, 1.165) is 12.0 Å². The Morgan fingerprint density at radius 3 is 2.62 bits per heavy atom. The van der Waals surface area contributed by atoms with Crippen LogP contribution in [0.3, 0.4) is 0 Å². The van der Waals surface area contributed by atoms with Gasteiger partial charge in [0, 0.05) is 13.1 Å². The average Bonchev–Trinajstić information content (AvgIpc) is 2.53. The summed E-state index contributed by atoms with van der Waals surface area (Å²) in [4.78, 5) is 11.8. The minimum absolute atomic E-state index is 0.0526. The van der Waals surface area contributed by atoms with E-state index in [1.54, 1.807) is 6.92 Å². The fourth-order valence-corrected chi connectivity index (χ4v) is 1.94. The number of amidine groups is 1. The Balaban J connectivity index is 2.65. The molecule has 1 aromatic carbocycles. The standard InChI is InChI=1S/C15H24N4O2/c1-3-9-17-15(20)11(2)18-10-13(14(16)19-21)12-7-5-4-6-8-12/h4-8,11,13,18,21H,3,9-10H2,1-2H3,(H2,16,19)(H,17,20). The number of nitrogens with two attached hydrogens (primary N) is 1. The molecule has 0 spiro atoms. The molecule has 1 amide bonds. The second-order valence-electron chi connectivity index (χ2n) is 4.91. The highest BCUT2D eigenvalue weighted by atomic mass is 16.4. The van der Waals surface area contributed by atoms with Crippen LogP contribution in [0.2, 0.25) is 0 Å². The molecular formula is C15H24N4O2. The summed E-state index contributed by atoms with van der Waals surface area (Å²) in [6.45, 7) is 4.87. The van der Waals surface area contributed by atoms with Crippen LogP contribution in [0, 0.1) is 0 Å². The minimum Gasteiger partial charge on any atom is -0.409 e. The van der Waals surface area contributed by atoms with Crippen LogP contribution in [0.1, 0.15) is 31.7 Å². The number of nitrogens with zero attached hydrogens (tertiary/aromatic N) is 1.